The van der Waals surface area contributed by atoms with Crippen LogP contribution >= 0.6 is 0 Å². The minimum Gasteiger partial charge on any atom is -0.497 e. The van der Waals surface area contributed by atoms with E-state index in [1.54, 1.807) is 14.0 Å². The van der Waals surface area contributed by atoms with E-state index in [9.17, 15) is 4.79 Å². The topological polar surface area (TPSA) is 61.5 Å². The molecule has 1 atom stereocenters. The van der Waals surface area contributed by atoms with Gasteiger partial charge in [-0.15, -0.1) is 0 Å². The largest absolute Gasteiger partial charge is 0.497 e. The van der Waals surface area contributed by atoms with Gasteiger partial charge in [0.05, 0.1) is 7.11 Å². The van der Waals surface area contributed by atoms with Crippen molar-refractivity contribution in [2.24, 2.45) is 5.73 Å². The maximum absolute atomic E-state index is 12.2. The fraction of sp³-hybridized carbons (Fsp3) is 0.235. The van der Waals surface area contributed by atoms with Gasteiger partial charge in [-0.3, -0.25) is 0 Å². The number of ether oxygens (including phenoxy) is 2. The van der Waals surface area contributed by atoms with E-state index in [1.807, 2.05) is 54.6 Å². The highest BCUT2D eigenvalue weighted by Gasteiger charge is 2.32. The number of rotatable bonds is 5. The molecule has 2 N–H and O–H groups in total. The molecule has 21 heavy (non-hydrogen) atoms. The molecule has 0 spiro atoms. The van der Waals surface area contributed by atoms with Crippen LogP contribution in [0.25, 0.3) is 0 Å². The number of carbonyl (C=O) groups is 1. The van der Waals surface area contributed by atoms with Gasteiger partial charge in [0.25, 0.3) is 0 Å². The van der Waals surface area contributed by atoms with Gasteiger partial charge in [-0.05, 0) is 30.2 Å². The lowest BCUT2D eigenvalue weighted by molar-refractivity contribution is -0.151. The molecule has 0 amide bonds. The molecule has 0 fully saturated rings. The second-order valence-electron chi connectivity index (χ2n) is 4.99. The van der Waals surface area contributed by atoms with Gasteiger partial charge in [0.15, 0.2) is 0 Å². The molecule has 2 rings (SSSR count). The summed E-state index contributed by atoms with van der Waals surface area (Å²) in [4.78, 5) is 12.2. The summed E-state index contributed by atoms with van der Waals surface area (Å²) in [5.41, 5.74) is 6.55. The van der Waals surface area contributed by atoms with Crippen molar-refractivity contribution in [2.75, 3.05) is 7.11 Å². The summed E-state index contributed by atoms with van der Waals surface area (Å²) in [6.07, 6.45) is 0. The first kappa shape index (κ1) is 15.1. The third-order valence-electron chi connectivity index (χ3n) is 3.33. The molecular formula is C17H19NO3. The Morgan fingerprint density at radius 3 is 2.29 bits per heavy atom. The number of esters is 1. The zero-order valence-corrected chi connectivity index (χ0v) is 12.2. The first-order valence-electron chi connectivity index (χ1n) is 6.68. The Morgan fingerprint density at radius 2 is 1.71 bits per heavy atom. The van der Waals surface area contributed by atoms with Crippen molar-refractivity contribution >= 4 is 5.97 Å². The number of nitrogens with two attached hydrogens (primary N) is 1. The van der Waals surface area contributed by atoms with E-state index in [0.29, 0.717) is 0 Å². The van der Waals surface area contributed by atoms with Crippen molar-refractivity contribution in [3.63, 3.8) is 0 Å². The SMILES string of the molecule is COc1ccc(COC(=O)C(C)(N)c2ccccc2)cc1. The van der Waals surface area contributed by atoms with Crippen LogP contribution in [0.5, 0.6) is 5.75 Å². The number of methoxy groups -OCH3 is 1. The average molecular weight is 285 g/mol. The van der Waals surface area contributed by atoms with Crippen LogP contribution in [0.15, 0.2) is 54.6 Å². The predicted octanol–water partition coefficient (Wildman–Crippen LogP) is 2.61. The van der Waals surface area contributed by atoms with Crippen molar-refractivity contribution in [3.05, 3.63) is 65.7 Å². The van der Waals surface area contributed by atoms with E-state index in [1.165, 1.54) is 0 Å². The number of hydrogen-bond acceptors (Lipinski definition) is 4. The monoisotopic (exact) mass is 285 g/mol. The molecule has 0 aromatic heterocycles. The van der Waals surface area contributed by atoms with Gasteiger partial charge >= 0.3 is 5.97 Å². The Hall–Kier alpha value is -2.33. The molecule has 0 aliphatic carbocycles. The average Bonchev–Trinajstić information content (AvgIpc) is 2.53. The zero-order chi connectivity index (χ0) is 15.3. The summed E-state index contributed by atoms with van der Waals surface area (Å²) in [5.74, 6) is 0.308. The zero-order valence-electron chi connectivity index (χ0n) is 12.2. The smallest absolute Gasteiger partial charge is 0.330 e. The van der Waals surface area contributed by atoms with Crippen LogP contribution in [0.2, 0.25) is 0 Å². The Bertz CT molecular complexity index is 591. The molecule has 0 bridgehead atoms. The van der Waals surface area contributed by atoms with Gasteiger partial charge in [0.1, 0.15) is 17.9 Å². The van der Waals surface area contributed by atoms with E-state index in [4.69, 9.17) is 15.2 Å². The van der Waals surface area contributed by atoms with Crippen molar-refractivity contribution in [1.29, 1.82) is 0 Å². The maximum atomic E-state index is 12.2. The Labute approximate surface area is 124 Å². The van der Waals surface area contributed by atoms with Crippen LogP contribution in [0, 0.1) is 0 Å². The molecule has 0 aliphatic rings. The van der Waals surface area contributed by atoms with Gasteiger partial charge in [0.2, 0.25) is 0 Å². The number of carbonyl (C=O) groups excluding carboxylic acids is 1. The second-order valence-corrected chi connectivity index (χ2v) is 4.99. The second kappa shape index (κ2) is 6.41. The Morgan fingerprint density at radius 1 is 1.10 bits per heavy atom. The summed E-state index contributed by atoms with van der Waals surface area (Å²) < 4.78 is 10.4. The van der Waals surface area contributed by atoms with E-state index >= 15 is 0 Å². The van der Waals surface area contributed by atoms with Crippen molar-refractivity contribution < 1.29 is 14.3 Å². The number of benzene rings is 2. The Balaban J connectivity index is 2.00. The van der Waals surface area contributed by atoms with Crippen LogP contribution in [0.3, 0.4) is 0 Å². The highest BCUT2D eigenvalue weighted by molar-refractivity contribution is 5.81. The molecule has 2 aromatic carbocycles. The van der Waals surface area contributed by atoms with E-state index in [-0.39, 0.29) is 6.61 Å². The van der Waals surface area contributed by atoms with E-state index in [2.05, 4.69) is 0 Å². The molecule has 0 radical (unpaired) electrons. The molecule has 2 aromatic rings. The lowest BCUT2D eigenvalue weighted by Gasteiger charge is -2.23. The molecule has 4 heteroatoms. The van der Waals surface area contributed by atoms with Crippen LogP contribution in [-0.2, 0) is 21.7 Å². The van der Waals surface area contributed by atoms with Gasteiger partial charge in [0, 0.05) is 0 Å². The summed E-state index contributed by atoms with van der Waals surface area (Å²) in [6, 6.07) is 16.5. The van der Waals surface area contributed by atoms with Crippen molar-refractivity contribution in [3.8, 4) is 5.75 Å². The molecule has 0 heterocycles. The fourth-order valence-corrected chi connectivity index (χ4v) is 1.92. The molecular weight excluding hydrogens is 266 g/mol. The normalized spacial score (nSPS) is 13.3. The fourth-order valence-electron chi connectivity index (χ4n) is 1.92. The standard InChI is InChI=1S/C17H19NO3/c1-17(18,14-6-4-3-5-7-14)16(19)21-12-13-8-10-15(20-2)11-9-13/h3-11H,12,18H2,1-2H3. The highest BCUT2D eigenvalue weighted by Crippen LogP contribution is 2.20. The van der Waals surface area contributed by atoms with Crippen molar-refractivity contribution in [1.82, 2.24) is 0 Å². The number of hydrogen-bond donors (Lipinski definition) is 1. The molecule has 0 saturated carbocycles. The summed E-state index contributed by atoms with van der Waals surface area (Å²) >= 11 is 0. The quantitative estimate of drug-likeness (QED) is 0.858. The first-order chi connectivity index (χ1) is 10.0. The molecule has 0 saturated heterocycles. The van der Waals surface area contributed by atoms with Crippen LogP contribution in [0.1, 0.15) is 18.1 Å². The first-order valence-corrected chi connectivity index (χ1v) is 6.68. The van der Waals surface area contributed by atoms with Gasteiger partial charge in [-0.25, -0.2) is 4.79 Å². The third kappa shape index (κ3) is 3.61. The van der Waals surface area contributed by atoms with E-state index < -0.39 is 11.5 Å². The van der Waals surface area contributed by atoms with Crippen LogP contribution in [0.4, 0.5) is 0 Å². The van der Waals surface area contributed by atoms with Crippen LogP contribution < -0.4 is 10.5 Å². The van der Waals surface area contributed by atoms with Crippen molar-refractivity contribution in [2.45, 2.75) is 19.1 Å². The maximum Gasteiger partial charge on any atom is 0.330 e. The lowest BCUT2D eigenvalue weighted by atomic mass is 9.93. The minimum absolute atomic E-state index is 0.183. The highest BCUT2D eigenvalue weighted by atomic mass is 16.5. The molecule has 4 nitrogen and oxygen atoms in total. The summed E-state index contributed by atoms with van der Waals surface area (Å²) in [5, 5.41) is 0. The van der Waals surface area contributed by atoms with Crippen LogP contribution in [-0.4, -0.2) is 13.1 Å². The molecule has 0 aliphatic heterocycles. The van der Waals surface area contributed by atoms with Gasteiger partial charge in [-0.1, -0.05) is 42.5 Å². The lowest BCUT2D eigenvalue weighted by Crippen LogP contribution is -2.43. The third-order valence-corrected chi connectivity index (χ3v) is 3.33. The predicted molar refractivity (Wildman–Crippen MR) is 80.8 cm³/mol. The minimum atomic E-state index is -1.16. The molecule has 110 valence electrons. The summed E-state index contributed by atoms with van der Waals surface area (Å²) in [7, 11) is 1.61. The van der Waals surface area contributed by atoms with E-state index in [0.717, 1.165) is 16.9 Å². The van der Waals surface area contributed by atoms with Gasteiger partial charge < -0.3 is 15.2 Å². The Kier molecular flexibility index (Phi) is 4.60. The van der Waals surface area contributed by atoms with Gasteiger partial charge in [-0.2, -0.15) is 0 Å². The molecule has 1 unspecified atom stereocenters. The summed E-state index contributed by atoms with van der Waals surface area (Å²) in [6.45, 7) is 1.83.